The van der Waals surface area contributed by atoms with Gasteiger partial charge < -0.3 is 4.74 Å². The third-order valence-electron chi connectivity index (χ3n) is 2.51. The molecule has 2 aromatic heterocycles. The van der Waals surface area contributed by atoms with Crippen LogP contribution in [0.15, 0.2) is 22.5 Å². The van der Waals surface area contributed by atoms with Crippen LogP contribution in [0.1, 0.15) is 15.2 Å². The zero-order valence-electron chi connectivity index (χ0n) is 11.1. The van der Waals surface area contributed by atoms with Crippen molar-refractivity contribution in [2.45, 2.75) is 11.8 Å². The van der Waals surface area contributed by atoms with Gasteiger partial charge in [0.1, 0.15) is 9.77 Å². The van der Waals surface area contributed by atoms with Crippen molar-refractivity contribution in [3.05, 3.63) is 28.1 Å². The van der Waals surface area contributed by atoms with Gasteiger partial charge in [0.25, 0.3) is 10.0 Å². The summed E-state index contributed by atoms with van der Waals surface area (Å²) in [5.74, 6) is -0.488. The van der Waals surface area contributed by atoms with E-state index in [0.717, 1.165) is 11.3 Å². The van der Waals surface area contributed by atoms with Crippen molar-refractivity contribution in [2.24, 2.45) is 7.05 Å². The molecule has 0 aromatic carbocycles. The average molecular weight is 315 g/mol. The highest BCUT2D eigenvalue weighted by Crippen LogP contribution is 2.28. The third kappa shape index (κ3) is 2.68. The van der Waals surface area contributed by atoms with Gasteiger partial charge in [0.15, 0.2) is 5.82 Å². The number of methoxy groups -OCH3 is 1. The minimum Gasteiger partial charge on any atom is -0.465 e. The number of thiophene rings is 1. The van der Waals surface area contributed by atoms with E-state index in [-0.39, 0.29) is 15.6 Å². The summed E-state index contributed by atoms with van der Waals surface area (Å²) in [7, 11) is -1.01. The lowest BCUT2D eigenvalue weighted by atomic mass is 10.3. The molecule has 1 N–H and O–H groups in total. The molecule has 2 aromatic rings. The summed E-state index contributed by atoms with van der Waals surface area (Å²) in [5, 5.41) is 5.54. The molecule has 0 atom stereocenters. The van der Waals surface area contributed by atoms with Crippen LogP contribution in [0, 0.1) is 6.92 Å². The summed E-state index contributed by atoms with van der Waals surface area (Å²) in [5.41, 5.74) is 0.485. The second-order valence-corrected chi connectivity index (χ2v) is 6.55. The summed E-state index contributed by atoms with van der Waals surface area (Å²) in [6.07, 6.45) is 1.61. The molecule has 0 radical (unpaired) electrons. The summed E-state index contributed by atoms with van der Waals surface area (Å²) in [6, 6.07) is 1.52. The van der Waals surface area contributed by atoms with Crippen molar-refractivity contribution < 1.29 is 17.9 Å². The number of carbonyl (C=O) groups excluding carboxylic acids is 1. The normalized spacial score (nSPS) is 11.3. The second kappa shape index (κ2) is 5.25. The van der Waals surface area contributed by atoms with Crippen LogP contribution in [0.3, 0.4) is 0 Å². The smallest absolute Gasteiger partial charge is 0.349 e. The molecular weight excluding hydrogens is 302 g/mol. The monoisotopic (exact) mass is 315 g/mol. The molecule has 0 spiro atoms. The van der Waals surface area contributed by atoms with E-state index in [4.69, 9.17) is 0 Å². The van der Waals surface area contributed by atoms with E-state index in [2.05, 4.69) is 14.6 Å². The maximum Gasteiger partial charge on any atom is 0.349 e. The number of nitrogens with zero attached hydrogens (tertiary/aromatic N) is 2. The van der Waals surface area contributed by atoms with Crippen molar-refractivity contribution in [3.8, 4) is 0 Å². The Bertz CT molecular complexity index is 746. The molecule has 0 saturated carbocycles. The lowest BCUT2D eigenvalue weighted by Crippen LogP contribution is -2.17. The zero-order valence-corrected chi connectivity index (χ0v) is 12.7. The van der Waals surface area contributed by atoms with Gasteiger partial charge in [0.2, 0.25) is 0 Å². The van der Waals surface area contributed by atoms with E-state index in [0.29, 0.717) is 5.56 Å². The van der Waals surface area contributed by atoms with Gasteiger partial charge in [-0.1, -0.05) is 0 Å². The second-order valence-electron chi connectivity index (χ2n) is 4.05. The van der Waals surface area contributed by atoms with Gasteiger partial charge in [0, 0.05) is 19.3 Å². The molecule has 2 rings (SSSR count). The van der Waals surface area contributed by atoms with Gasteiger partial charge >= 0.3 is 5.97 Å². The molecule has 108 valence electrons. The van der Waals surface area contributed by atoms with Crippen molar-refractivity contribution >= 4 is 33.1 Å². The first-order chi connectivity index (χ1) is 9.35. The lowest BCUT2D eigenvalue weighted by Gasteiger charge is -2.07. The Morgan fingerprint density at radius 3 is 2.75 bits per heavy atom. The number of nitrogens with one attached hydrogen (secondary N) is 1. The maximum atomic E-state index is 12.4. The van der Waals surface area contributed by atoms with Gasteiger partial charge in [-0.3, -0.25) is 9.40 Å². The molecule has 0 aliphatic carbocycles. The van der Waals surface area contributed by atoms with Crippen LogP contribution in [0.4, 0.5) is 5.82 Å². The number of aromatic nitrogens is 2. The molecule has 20 heavy (non-hydrogen) atoms. The van der Waals surface area contributed by atoms with E-state index in [1.165, 1.54) is 17.9 Å². The number of rotatable bonds is 4. The van der Waals surface area contributed by atoms with Crippen LogP contribution in [-0.2, 0) is 21.8 Å². The van der Waals surface area contributed by atoms with Crippen LogP contribution < -0.4 is 4.72 Å². The van der Waals surface area contributed by atoms with Gasteiger partial charge in [-0.05, 0) is 17.9 Å². The Morgan fingerprint density at radius 2 is 2.20 bits per heavy atom. The number of anilines is 1. The minimum absolute atomic E-state index is 0.0495. The van der Waals surface area contributed by atoms with E-state index in [9.17, 15) is 13.2 Å². The predicted octanol–water partition coefficient (Wildman–Crippen LogP) is 1.38. The first kappa shape index (κ1) is 14.5. The number of hydrogen-bond donors (Lipinski definition) is 1. The highest BCUT2D eigenvalue weighted by molar-refractivity contribution is 7.93. The third-order valence-corrected chi connectivity index (χ3v) is 5.26. The largest absolute Gasteiger partial charge is 0.465 e. The molecule has 0 bridgehead atoms. The average Bonchev–Trinajstić information content (AvgIpc) is 2.94. The van der Waals surface area contributed by atoms with E-state index >= 15 is 0 Å². The fraction of sp³-hybridized carbons (Fsp3) is 0.273. The van der Waals surface area contributed by atoms with Gasteiger partial charge in [-0.15, -0.1) is 11.3 Å². The van der Waals surface area contributed by atoms with Crippen LogP contribution >= 0.6 is 11.3 Å². The lowest BCUT2D eigenvalue weighted by molar-refractivity contribution is 0.0602. The highest BCUT2D eigenvalue weighted by atomic mass is 32.2. The van der Waals surface area contributed by atoms with Gasteiger partial charge in [-0.25, -0.2) is 13.2 Å². The number of hydrogen-bond acceptors (Lipinski definition) is 6. The molecule has 2 heterocycles. The van der Waals surface area contributed by atoms with Gasteiger partial charge in [-0.2, -0.15) is 5.10 Å². The minimum atomic E-state index is -3.89. The SMILES string of the molecule is COC(=O)c1scc(C)c1S(=O)(=O)Nc1ccn(C)n1. The summed E-state index contributed by atoms with van der Waals surface area (Å²) in [6.45, 7) is 1.62. The topological polar surface area (TPSA) is 90.3 Å². The highest BCUT2D eigenvalue weighted by Gasteiger charge is 2.28. The fourth-order valence-electron chi connectivity index (χ4n) is 1.66. The van der Waals surface area contributed by atoms with E-state index in [1.54, 1.807) is 25.5 Å². The van der Waals surface area contributed by atoms with Crippen LogP contribution in [0.2, 0.25) is 0 Å². The van der Waals surface area contributed by atoms with Crippen molar-refractivity contribution in [2.75, 3.05) is 11.8 Å². The summed E-state index contributed by atoms with van der Waals surface area (Å²) in [4.78, 5) is 11.6. The first-order valence-electron chi connectivity index (χ1n) is 5.54. The molecule has 7 nitrogen and oxygen atoms in total. The molecule has 0 aliphatic rings. The summed E-state index contributed by atoms with van der Waals surface area (Å²) >= 11 is 1.03. The number of sulfonamides is 1. The molecule has 0 saturated heterocycles. The Morgan fingerprint density at radius 1 is 1.50 bits per heavy atom. The van der Waals surface area contributed by atoms with Crippen LogP contribution in [0.25, 0.3) is 0 Å². The molecule has 0 fully saturated rings. The van der Waals surface area contributed by atoms with E-state index < -0.39 is 16.0 Å². The standard InChI is InChI=1S/C11H13N3O4S2/c1-7-6-19-9(11(15)18-3)10(7)20(16,17)13-8-4-5-14(2)12-8/h4-6H,1-3H3,(H,12,13). The van der Waals surface area contributed by atoms with Crippen molar-refractivity contribution in [1.29, 1.82) is 0 Å². The Hall–Kier alpha value is -1.87. The van der Waals surface area contributed by atoms with Gasteiger partial charge in [0.05, 0.1) is 7.11 Å². The Balaban J connectivity index is 2.44. The van der Waals surface area contributed by atoms with Crippen LogP contribution in [0.5, 0.6) is 0 Å². The maximum absolute atomic E-state index is 12.4. The molecular formula is C11H13N3O4S2. The first-order valence-corrected chi connectivity index (χ1v) is 7.90. The molecule has 0 aliphatic heterocycles. The number of ether oxygens (including phenoxy) is 1. The zero-order chi connectivity index (χ0) is 14.9. The molecule has 0 unspecified atom stereocenters. The van der Waals surface area contributed by atoms with E-state index in [1.807, 2.05) is 0 Å². The number of carbonyl (C=O) groups is 1. The molecule has 0 amide bonds. The molecule has 9 heteroatoms. The fourth-order valence-corrected chi connectivity index (χ4v) is 4.36. The van der Waals surface area contributed by atoms with Crippen molar-refractivity contribution in [3.63, 3.8) is 0 Å². The Labute approximate surface area is 120 Å². The number of aryl methyl sites for hydroxylation is 2. The van der Waals surface area contributed by atoms with Crippen LogP contribution in [-0.4, -0.2) is 31.3 Å². The van der Waals surface area contributed by atoms with Crippen molar-refractivity contribution in [1.82, 2.24) is 9.78 Å². The number of esters is 1. The summed E-state index contributed by atoms with van der Waals surface area (Å²) < 4.78 is 33.2. The quantitative estimate of drug-likeness (QED) is 0.861. The Kier molecular flexibility index (Phi) is 3.82. The predicted molar refractivity (Wildman–Crippen MR) is 74.4 cm³/mol.